The fourth-order valence-corrected chi connectivity index (χ4v) is 1.86. The first-order chi connectivity index (χ1) is 8.58. The third kappa shape index (κ3) is 4.19. The zero-order valence-electron chi connectivity index (χ0n) is 10.4. The second-order valence-electron chi connectivity index (χ2n) is 3.72. The third-order valence-electron chi connectivity index (χ3n) is 2.39. The van der Waals surface area contributed by atoms with Gasteiger partial charge in [0.05, 0.1) is 18.8 Å². The van der Waals surface area contributed by atoms with Crippen LogP contribution in [-0.2, 0) is 4.79 Å². The van der Waals surface area contributed by atoms with Crippen molar-refractivity contribution in [1.82, 2.24) is 0 Å². The van der Waals surface area contributed by atoms with Gasteiger partial charge in [0, 0.05) is 6.07 Å². The Labute approximate surface area is 110 Å². The van der Waals surface area contributed by atoms with Gasteiger partial charge in [0.1, 0.15) is 11.6 Å². The molecule has 0 bridgehead atoms. The van der Waals surface area contributed by atoms with E-state index in [1.165, 1.54) is 25.3 Å². The Bertz CT molecular complexity index is 415. The van der Waals surface area contributed by atoms with Crippen molar-refractivity contribution in [2.45, 2.75) is 12.5 Å². The Morgan fingerprint density at radius 3 is 2.94 bits per heavy atom. The lowest BCUT2D eigenvalue weighted by Gasteiger charge is -2.14. The molecule has 0 aromatic heterocycles. The van der Waals surface area contributed by atoms with Gasteiger partial charge in [-0.25, -0.2) is 4.39 Å². The van der Waals surface area contributed by atoms with Crippen LogP contribution in [0.5, 0.6) is 5.75 Å². The minimum absolute atomic E-state index is 0.278. The molecule has 1 atom stereocenters. The number of carbonyl (C=O) groups excluding carboxylic acids is 1. The second kappa shape index (κ2) is 7.23. The summed E-state index contributed by atoms with van der Waals surface area (Å²) in [6, 6.07) is 3.34. The molecule has 0 aliphatic heterocycles. The molecular weight excluding hydrogens is 255 g/mol. The first-order valence-corrected chi connectivity index (χ1v) is 6.86. The number of hydrogen-bond acceptors (Lipinski definition) is 4. The summed E-state index contributed by atoms with van der Waals surface area (Å²) in [7, 11) is 1.41. The van der Waals surface area contributed by atoms with E-state index in [1.54, 1.807) is 11.8 Å². The number of ether oxygens (including phenoxy) is 1. The van der Waals surface area contributed by atoms with E-state index in [9.17, 15) is 9.18 Å². The molecular formula is C12H17FN2O2S. The van der Waals surface area contributed by atoms with E-state index in [1.807, 2.05) is 6.26 Å². The van der Waals surface area contributed by atoms with Crippen LogP contribution in [0.25, 0.3) is 0 Å². The van der Waals surface area contributed by atoms with Crippen molar-refractivity contribution in [3.63, 3.8) is 0 Å². The fourth-order valence-electron chi connectivity index (χ4n) is 1.37. The molecule has 18 heavy (non-hydrogen) atoms. The number of benzene rings is 1. The zero-order valence-corrected chi connectivity index (χ0v) is 11.2. The normalized spacial score (nSPS) is 12.0. The number of methoxy groups -OCH3 is 1. The highest BCUT2D eigenvalue weighted by molar-refractivity contribution is 7.98. The Morgan fingerprint density at radius 1 is 1.61 bits per heavy atom. The Kier molecular flexibility index (Phi) is 5.94. The number of carbonyl (C=O) groups is 1. The van der Waals surface area contributed by atoms with E-state index in [-0.39, 0.29) is 11.7 Å². The van der Waals surface area contributed by atoms with E-state index in [2.05, 4.69) is 5.32 Å². The lowest BCUT2D eigenvalue weighted by molar-refractivity contribution is -0.117. The Morgan fingerprint density at radius 2 is 2.33 bits per heavy atom. The van der Waals surface area contributed by atoms with Gasteiger partial charge in [-0.2, -0.15) is 11.8 Å². The maximum Gasteiger partial charge on any atom is 0.241 e. The lowest BCUT2D eigenvalue weighted by Crippen LogP contribution is -2.36. The summed E-state index contributed by atoms with van der Waals surface area (Å²) >= 11 is 1.63. The van der Waals surface area contributed by atoms with Gasteiger partial charge in [-0.05, 0) is 30.6 Å². The first kappa shape index (κ1) is 14.8. The molecule has 100 valence electrons. The lowest BCUT2D eigenvalue weighted by atomic mass is 10.2. The van der Waals surface area contributed by atoms with Crippen LogP contribution in [0.15, 0.2) is 18.2 Å². The monoisotopic (exact) mass is 272 g/mol. The van der Waals surface area contributed by atoms with E-state index < -0.39 is 11.9 Å². The minimum Gasteiger partial charge on any atom is -0.494 e. The van der Waals surface area contributed by atoms with Crippen LogP contribution < -0.4 is 15.8 Å². The molecule has 1 amide bonds. The van der Waals surface area contributed by atoms with Gasteiger partial charge < -0.3 is 15.8 Å². The number of thioether (sulfide) groups is 1. The van der Waals surface area contributed by atoms with Gasteiger partial charge >= 0.3 is 0 Å². The van der Waals surface area contributed by atoms with Crippen molar-refractivity contribution in [3.8, 4) is 5.75 Å². The molecule has 6 heteroatoms. The van der Waals surface area contributed by atoms with E-state index in [0.29, 0.717) is 12.1 Å². The minimum atomic E-state index is -0.577. The number of hydrogen-bond donors (Lipinski definition) is 2. The molecule has 0 fully saturated rings. The van der Waals surface area contributed by atoms with E-state index >= 15 is 0 Å². The molecule has 0 spiro atoms. The van der Waals surface area contributed by atoms with Crippen LogP contribution in [-0.4, -0.2) is 31.1 Å². The maximum absolute atomic E-state index is 13.0. The Hall–Kier alpha value is -1.27. The highest BCUT2D eigenvalue weighted by Gasteiger charge is 2.15. The van der Waals surface area contributed by atoms with Crippen LogP contribution >= 0.6 is 11.8 Å². The predicted octanol–water partition coefficient (Wildman–Crippen LogP) is 1.85. The molecule has 1 rings (SSSR count). The van der Waals surface area contributed by atoms with Gasteiger partial charge in [0.25, 0.3) is 0 Å². The standard InChI is InChI=1S/C12H17FN2O2S/c1-17-11-7-8(13)3-4-10(11)15-12(16)9(14)5-6-18-2/h3-4,7,9H,5-6,14H2,1-2H3,(H,15,16)/t9-/m1/s1. The Balaban J connectivity index is 2.69. The maximum atomic E-state index is 13.0. The van der Waals surface area contributed by atoms with Gasteiger partial charge in [-0.1, -0.05) is 0 Å². The summed E-state index contributed by atoms with van der Waals surface area (Å²) in [5.74, 6) is 0.376. The number of amides is 1. The van der Waals surface area contributed by atoms with Gasteiger partial charge in [0.15, 0.2) is 0 Å². The van der Waals surface area contributed by atoms with Crippen LogP contribution in [0.4, 0.5) is 10.1 Å². The molecule has 0 radical (unpaired) electrons. The summed E-state index contributed by atoms with van der Waals surface area (Å²) in [6.07, 6.45) is 2.55. The smallest absolute Gasteiger partial charge is 0.241 e. The molecule has 3 N–H and O–H groups in total. The SMILES string of the molecule is COc1cc(F)ccc1NC(=O)[C@H](N)CCSC. The largest absolute Gasteiger partial charge is 0.494 e. The van der Waals surface area contributed by atoms with Gasteiger partial charge in [-0.3, -0.25) is 4.79 Å². The van der Waals surface area contributed by atoms with Crippen molar-refractivity contribution < 1.29 is 13.9 Å². The first-order valence-electron chi connectivity index (χ1n) is 5.47. The van der Waals surface area contributed by atoms with Crippen molar-refractivity contribution >= 4 is 23.4 Å². The topological polar surface area (TPSA) is 64.3 Å². The molecule has 0 heterocycles. The third-order valence-corrected chi connectivity index (χ3v) is 3.04. The van der Waals surface area contributed by atoms with Gasteiger partial charge in [-0.15, -0.1) is 0 Å². The summed E-state index contributed by atoms with van der Waals surface area (Å²) < 4.78 is 18.0. The van der Waals surface area contributed by atoms with Crippen LogP contribution in [0.3, 0.4) is 0 Å². The number of rotatable bonds is 6. The predicted molar refractivity (Wildman–Crippen MR) is 72.6 cm³/mol. The van der Waals surface area contributed by atoms with Crippen molar-refractivity contribution in [1.29, 1.82) is 0 Å². The fraction of sp³-hybridized carbons (Fsp3) is 0.417. The average Bonchev–Trinajstić information content (AvgIpc) is 2.37. The molecule has 1 aromatic rings. The number of nitrogens with two attached hydrogens (primary N) is 1. The molecule has 0 saturated carbocycles. The van der Waals surface area contributed by atoms with Crippen molar-refractivity contribution in [3.05, 3.63) is 24.0 Å². The zero-order chi connectivity index (χ0) is 13.5. The quantitative estimate of drug-likeness (QED) is 0.829. The van der Waals surface area contributed by atoms with Gasteiger partial charge in [0.2, 0.25) is 5.91 Å². The summed E-state index contributed by atoms with van der Waals surface area (Å²) in [5, 5.41) is 2.63. The van der Waals surface area contributed by atoms with Crippen molar-refractivity contribution in [2.24, 2.45) is 5.73 Å². The van der Waals surface area contributed by atoms with E-state index in [0.717, 1.165) is 5.75 Å². The van der Waals surface area contributed by atoms with E-state index in [4.69, 9.17) is 10.5 Å². The van der Waals surface area contributed by atoms with Crippen LogP contribution in [0.2, 0.25) is 0 Å². The summed E-state index contributed by atoms with van der Waals surface area (Å²) in [5.41, 5.74) is 6.15. The molecule has 0 aliphatic carbocycles. The second-order valence-corrected chi connectivity index (χ2v) is 4.71. The molecule has 0 aliphatic rings. The molecule has 4 nitrogen and oxygen atoms in total. The van der Waals surface area contributed by atoms with Crippen molar-refractivity contribution in [2.75, 3.05) is 24.4 Å². The molecule has 0 unspecified atom stereocenters. The highest BCUT2D eigenvalue weighted by atomic mass is 32.2. The number of halogens is 1. The molecule has 0 saturated heterocycles. The summed E-state index contributed by atoms with van der Waals surface area (Å²) in [6.45, 7) is 0. The number of anilines is 1. The number of nitrogens with one attached hydrogen (secondary N) is 1. The van der Waals surface area contributed by atoms with Crippen LogP contribution in [0, 0.1) is 5.82 Å². The average molecular weight is 272 g/mol. The van der Waals surface area contributed by atoms with Crippen LogP contribution in [0.1, 0.15) is 6.42 Å². The summed E-state index contributed by atoms with van der Waals surface area (Å²) in [4.78, 5) is 11.8. The highest BCUT2D eigenvalue weighted by Crippen LogP contribution is 2.25. The molecule has 1 aromatic carbocycles.